The van der Waals surface area contributed by atoms with Crippen molar-refractivity contribution in [3.05, 3.63) is 41.7 Å². The zero-order valence-corrected chi connectivity index (χ0v) is 8.15. The van der Waals surface area contributed by atoms with Gasteiger partial charge < -0.3 is 9.14 Å². The minimum atomic E-state index is -0.298. The fraction of sp³-hybridized carbons (Fsp3) is 0.182. The highest BCUT2D eigenvalue weighted by atomic mass is 16.5. The molecular formula is C11H11NO2. The highest BCUT2D eigenvalue weighted by molar-refractivity contribution is 5.91. The SMILES string of the molecule is COC(=O)c1cc2cccc(C)n2c1. The Morgan fingerprint density at radius 1 is 1.43 bits per heavy atom. The van der Waals surface area contributed by atoms with Crippen molar-refractivity contribution in [1.29, 1.82) is 0 Å². The van der Waals surface area contributed by atoms with Gasteiger partial charge in [0.1, 0.15) is 0 Å². The lowest BCUT2D eigenvalue weighted by Crippen LogP contribution is -1.98. The van der Waals surface area contributed by atoms with E-state index in [4.69, 9.17) is 0 Å². The second-order valence-electron chi connectivity index (χ2n) is 3.18. The molecule has 0 aliphatic rings. The molecule has 2 aromatic heterocycles. The number of aromatic nitrogens is 1. The zero-order chi connectivity index (χ0) is 10.1. The summed E-state index contributed by atoms with van der Waals surface area (Å²) in [6, 6.07) is 7.73. The summed E-state index contributed by atoms with van der Waals surface area (Å²) < 4.78 is 6.62. The molecule has 0 bridgehead atoms. The van der Waals surface area contributed by atoms with E-state index in [1.54, 1.807) is 6.20 Å². The first-order valence-corrected chi connectivity index (χ1v) is 4.38. The number of esters is 1. The minimum Gasteiger partial charge on any atom is -0.465 e. The van der Waals surface area contributed by atoms with E-state index < -0.39 is 0 Å². The predicted molar refractivity (Wildman–Crippen MR) is 53.5 cm³/mol. The maximum absolute atomic E-state index is 11.3. The van der Waals surface area contributed by atoms with Crippen LogP contribution in [-0.2, 0) is 4.74 Å². The van der Waals surface area contributed by atoms with Gasteiger partial charge in [-0.15, -0.1) is 0 Å². The molecule has 0 aliphatic heterocycles. The second-order valence-corrected chi connectivity index (χ2v) is 3.18. The van der Waals surface area contributed by atoms with Crippen LogP contribution < -0.4 is 0 Å². The van der Waals surface area contributed by atoms with E-state index in [-0.39, 0.29) is 5.97 Å². The average molecular weight is 189 g/mol. The number of rotatable bonds is 1. The van der Waals surface area contributed by atoms with Gasteiger partial charge in [-0.05, 0) is 25.1 Å². The molecule has 0 radical (unpaired) electrons. The number of nitrogens with zero attached hydrogens (tertiary/aromatic N) is 1. The molecule has 0 spiro atoms. The molecular weight excluding hydrogens is 178 g/mol. The van der Waals surface area contributed by atoms with E-state index >= 15 is 0 Å². The number of fused-ring (bicyclic) bond motifs is 1. The van der Waals surface area contributed by atoms with Gasteiger partial charge in [0.15, 0.2) is 0 Å². The molecule has 14 heavy (non-hydrogen) atoms. The van der Waals surface area contributed by atoms with E-state index in [9.17, 15) is 4.79 Å². The molecule has 0 aromatic carbocycles. The van der Waals surface area contributed by atoms with Crippen molar-refractivity contribution >= 4 is 11.5 Å². The number of carbonyl (C=O) groups is 1. The molecule has 3 nitrogen and oxygen atoms in total. The van der Waals surface area contributed by atoms with Crippen LogP contribution in [0.4, 0.5) is 0 Å². The van der Waals surface area contributed by atoms with Gasteiger partial charge in [0.2, 0.25) is 0 Å². The third kappa shape index (κ3) is 1.27. The lowest BCUT2D eigenvalue weighted by atomic mass is 10.3. The summed E-state index contributed by atoms with van der Waals surface area (Å²) in [6.07, 6.45) is 1.79. The van der Waals surface area contributed by atoms with Gasteiger partial charge in [-0.3, -0.25) is 0 Å². The highest BCUT2D eigenvalue weighted by Gasteiger charge is 2.08. The van der Waals surface area contributed by atoms with Crippen LogP contribution in [-0.4, -0.2) is 17.5 Å². The van der Waals surface area contributed by atoms with Crippen molar-refractivity contribution in [3.63, 3.8) is 0 Å². The summed E-state index contributed by atoms with van der Waals surface area (Å²) in [7, 11) is 1.39. The summed E-state index contributed by atoms with van der Waals surface area (Å²) in [5.41, 5.74) is 2.69. The monoisotopic (exact) mass is 189 g/mol. The topological polar surface area (TPSA) is 30.7 Å². The van der Waals surface area contributed by atoms with Crippen LogP contribution in [0.25, 0.3) is 5.52 Å². The quantitative estimate of drug-likeness (QED) is 0.643. The van der Waals surface area contributed by atoms with E-state index in [2.05, 4.69) is 4.74 Å². The summed E-state index contributed by atoms with van der Waals surface area (Å²) >= 11 is 0. The van der Waals surface area contributed by atoms with E-state index in [1.807, 2.05) is 35.6 Å². The van der Waals surface area contributed by atoms with Crippen LogP contribution in [0.3, 0.4) is 0 Å². The molecule has 0 saturated carbocycles. The number of methoxy groups -OCH3 is 1. The molecule has 0 N–H and O–H groups in total. The molecule has 0 aliphatic carbocycles. The Bertz CT molecular complexity index is 485. The Labute approximate surface area is 81.9 Å². The Kier molecular flexibility index (Phi) is 2.00. The first-order valence-electron chi connectivity index (χ1n) is 4.38. The normalized spacial score (nSPS) is 10.4. The third-order valence-corrected chi connectivity index (χ3v) is 2.26. The van der Waals surface area contributed by atoms with E-state index in [0.29, 0.717) is 5.56 Å². The summed E-state index contributed by atoms with van der Waals surface area (Å²) in [6.45, 7) is 1.99. The second kappa shape index (κ2) is 3.18. The number of pyridine rings is 1. The number of hydrogen-bond donors (Lipinski definition) is 0. The van der Waals surface area contributed by atoms with E-state index in [0.717, 1.165) is 11.2 Å². The van der Waals surface area contributed by atoms with Crippen molar-refractivity contribution in [1.82, 2.24) is 4.40 Å². The molecule has 2 aromatic rings. The van der Waals surface area contributed by atoms with Gasteiger partial charge in [-0.1, -0.05) is 6.07 Å². The first-order chi connectivity index (χ1) is 6.72. The van der Waals surface area contributed by atoms with Crippen molar-refractivity contribution in [2.24, 2.45) is 0 Å². The van der Waals surface area contributed by atoms with Crippen LogP contribution in [0.15, 0.2) is 30.5 Å². The molecule has 0 fully saturated rings. The van der Waals surface area contributed by atoms with Crippen molar-refractivity contribution in [2.75, 3.05) is 7.11 Å². The Morgan fingerprint density at radius 2 is 2.21 bits per heavy atom. The smallest absolute Gasteiger partial charge is 0.339 e. The van der Waals surface area contributed by atoms with Crippen molar-refractivity contribution < 1.29 is 9.53 Å². The van der Waals surface area contributed by atoms with Crippen LogP contribution in [0.5, 0.6) is 0 Å². The fourth-order valence-corrected chi connectivity index (χ4v) is 1.51. The third-order valence-electron chi connectivity index (χ3n) is 2.26. The Hall–Kier alpha value is -1.77. The Balaban J connectivity index is 2.62. The average Bonchev–Trinajstić information content (AvgIpc) is 2.62. The van der Waals surface area contributed by atoms with Crippen LogP contribution in [0.1, 0.15) is 16.1 Å². The van der Waals surface area contributed by atoms with Gasteiger partial charge in [0, 0.05) is 17.4 Å². The molecule has 2 rings (SSSR count). The summed E-state index contributed by atoms with van der Waals surface area (Å²) in [5, 5.41) is 0. The van der Waals surface area contributed by atoms with Crippen molar-refractivity contribution in [2.45, 2.75) is 6.92 Å². The molecule has 0 unspecified atom stereocenters. The largest absolute Gasteiger partial charge is 0.465 e. The first kappa shape index (κ1) is 8.81. The Morgan fingerprint density at radius 3 is 2.86 bits per heavy atom. The zero-order valence-electron chi connectivity index (χ0n) is 8.15. The van der Waals surface area contributed by atoms with E-state index in [1.165, 1.54) is 7.11 Å². The standard InChI is InChI=1S/C11H11NO2/c1-8-4-3-5-10-6-9(7-12(8)10)11(13)14-2/h3-7H,1-2H3. The number of carbonyl (C=O) groups excluding carboxylic acids is 1. The van der Waals surface area contributed by atoms with Gasteiger partial charge in [0.05, 0.1) is 12.7 Å². The van der Waals surface area contributed by atoms with Gasteiger partial charge in [0.25, 0.3) is 0 Å². The molecule has 0 amide bonds. The molecule has 2 heterocycles. The molecule has 0 atom stereocenters. The number of hydrogen-bond acceptors (Lipinski definition) is 2. The fourth-order valence-electron chi connectivity index (χ4n) is 1.51. The lowest BCUT2D eigenvalue weighted by Gasteiger charge is -1.97. The lowest BCUT2D eigenvalue weighted by molar-refractivity contribution is 0.0601. The van der Waals surface area contributed by atoms with Crippen LogP contribution in [0, 0.1) is 6.92 Å². The molecule has 0 saturated heterocycles. The highest BCUT2D eigenvalue weighted by Crippen LogP contribution is 2.13. The van der Waals surface area contributed by atoms with Crippen LogP contribution >= 0.6 is 0 Å². The maximum atomic E-state index is 11.3. The van der Waals surface area contributed by atoms with Gasteiger partial charge in [-0.25, -0.2) is 4.79 Å². The molecule has 3 heteroatoms. The minimum absolute atomic E-state index is 0.298. The molecule has 72 valence electrons. The summed E-state index contributed by atoms with van der Waals surface area (Å²) in [4.78, 5) is 11.3. The predicted octanol–water partition coefficient (Wildman–Crippen LogP) is 2.03. The van der Waals surface area contributed by atoms with Crippen molar-refractivity contribution in [3.8, 4) is 0 Å². The van der Waals surface area contributed by atoms with Gasteiger partial charge in [-0.2, -0.15) is 0 Å². The van der Waals surface area contributed by atoms with Gasteiger partial charge >= 0.3 is 5.97 Å². The number of aryl methyl sites for hydroxylation is 1. The van der Waals surface area contributed by atoms with Crippen LogP contribution in [0.2, 0.25) is 0 Å². The summed E-state index contributed by atoms with van der Waals surface area (Å²) in [5.74, 6) is -0.298. The maximum Gasteiger partial charge on any atom is 0.339 e. The number of ether oxygens (including phenoxy) is 1.